The fourth-order valence-corrected chi connectivity index (χ4v) is 3.32. The number of amides is 2. The lowest BCUT2D eigenvalue weighted by Crippen LogP contribution is -2.20. The van der Waals surface area contributed by atoms with Gasteiger partial charge in [-0.05, 0) is 35.7 Å². The molecule has 0 saturated carbocycles. The molecule has 146 valence electrons. The third kappa shape index (κ3) is 3.83. The minimum Gasteiger partial charge on any atom is -0.493 e. The van der Waals surface area contributed by atoms with Crippen molar-refractivity contribution in [1.82, 2.24) is 0 Å². The Morgan fingerprint density at radius 3 is 2.36 bits per heavy atom. The van der Waals surface area contributed by atoms with Gasteiger partial charge >= 0.3 is 0 Å². The van der Waals surface area contributed by atoms with Crippen LogP contribution >= 0.6 is 0 Å². The molecule has 2 amide bonds. The Bertz CT molecular complexity index is 935. The number of methoxy groups -OCH3 is 2. The van der Waals surface area contributed by atoms with Crippen LogP contribution in [0, 0.1) is 0 Å². The highest BCUT2D eigenvalue weighted by atomic mass is 16.5. The predicted molar refractivity (Wildman–Crippen MR) is 108 cm³/mol. The summed E-state index contributed by atoms with van der Waals surface area (Å²) in [5, 5.41) is 2.90. The lowest BCUT2D eigenvalue weighted by molar-refractivity contribution is -0.117. The number of primary amides is 1. The summed E-state index contributed by atoms with van der Waals surface area (Å²) >= 11 is 0. The van der Waals surface area contributed by atoms with Crippen molar-refractivity contribution in [1.29, 1.82) is 0 Å². The number of benzene rings is 2. The van der Waals surface area contributed by atoms with E-state index in [1.165, 1.54) is 0 Å². The molecule has 0 bridgehead atoms. The molecule has 0 aliphatic carbocycles. The van der Waals surface area contributed by atoms with Crippen molar-refractivity contribution in [2.75, 3.05) is 19.5 Å². The average molecular weight is 381 g/mol. The lowest BCUT2D eigenvalue weighted by Gasteiger charge is -2.14. The molecule has 3 rings (SSSR count). The molecule has 3 N–H and O–H groups in total. The highest BCUT2D eigenvalue weighted by Crippen LogP contribution is 2.42. The van der Waals surface area contributed by atoms with Gasteiger partial charge in [-0.2, -0.15) is 0 Å². The van der Waals surface area contributed by atoms with Crippen LogP contribution in [0.3, 0.4) is 0 Å². The molecule has 2 aromatic rings. The molecule has 0 spiro atoms. The van der Waals surface area contributed by atoms with E-state index >= 15 is 0 Å². The maximum Gasteiger partial charge on any atom is 0.237 e. The van der Waals surface area contributed by atoms with Gasteiger partial charge in [0.25, 0.3) is 0 Å². The Morgan fingerprint density at radius 1 is 1.14 bits per heavy atom. The number of rotatable bonds is 7. The summed E-state index contributed by atoms with van der Waals surface area (Å²) in [7, 11) is 3.12. The summed E-state index contributed by atoms with van der Waals surface area (Å²) in [5.74, 6) is 0.117. The van der Waals surface area contributed by atoms with E-state index < -0.39 is 5.92 Å². The fraction of sp³-hybridized carbons (Fsp3) is 0.286. The standard InChI is InChI=1S/C21H23N3O4/c1-4-15(23-13-7-5-12(6-8-13)9-19(22)25)20-14-10-17(27-2)18(28-3)11-16(14)24-21(20)26/h5-8,10-11,20H,4,9H2,1-3H3,(H2,22,25)(H,24,26). The van der Waals surface area contributed by atoms with Gasteiger partial charge in [0, 0.05) is 17.5 Å². The number of carbonyl (C=O) groups is 2. The molecule has 2 aromatic carbocycles. The van der Waals surface area contributed by atoms with Gasteiger partial charge in [0.15, 0.2) is 11.5 Å². The molecule has 0 fully saturated rings. The van der Waals surface area contributed by atoms with E-state index in [1.54, 1.807) is 20.3 Å². The number of carbonyl (C=O) groups excluding carboxylic acids is 2. The van der Waals surface area contributed by atoms with Gasteiger partial charge in [-0.1, -0.05) is 19.1 Å². The number of nitrogens with two attached hydrogens (primary N) is 1. The van der Waals surface area contributed by atoms with E-state index in [-0.39, 0.29) is 18.2 Å². The molecule has 1 aliphatic rings. The van der Waals surface area contributed by atoms with Crippen LogP contribution in [-0.2, 0) is 16.0 Å². The van der Waals surface area contributed by atoms with E-state index in [0.29, 0.717) is 29.3 Å². The van der Waals surface area contributed by atoms with E-state index in [9.17, 15) is 9.59 Å². The van der Waals surface area contributed by atoms with E-state index in [1.807, 2.05) is 37.3 Å². The number of ether oxygens (including phenoxy) is 2. The summed E-state index contributed by atoms with van der Waals surface area (Å²) in [5.41, 5.74) is 9.02. The van der Waals surface area contributed by atoms with Gasteiger partial charge < -0.3 is 20.5 Å². The van der Waals surface area contributed by atoms with Crippen LogP contribution in [0.4, 0.5) is 11.4 Å². The number of hydrogen-bond donors (Lipinski definition) is 2. The lowest BCUT2D eigenvalue weighted by atomic mass is 9.93. The van der Waals surface area contributed by atoms with Crippen molar-refractivity contribution in [2.24, 2.45) is 10.7 Å². The summed E-state index contributed by atoms with van der Waals surface area (Å²) < 4.78 is 10.7. The van der Waals surface area contributed by atoms with Crippen LogP contribution in [0.1, 0.15) is 30.4 Å². The molecule has 0 radical (unpaired) electrons. The zero-order valence-electron chi connectivity index (χ0n) is 16.1. The summed E-state index contributed by atoms with van der Waals surface area (Å²) in [6.45, 7) is 1.96. The molecule has 1 aliphatic heterocycles. The first-order valence-electron chi connectivity index (χ1n) is 8.98. The largest absolute Gasteiger partial charge is 0.493 e. The Kier molecular flexibility index (Phi) is 5.63. The van der Waals surface area contributed by atoms with Crippen LogP contribution in [0.25, 0.3) is 0 Å². The van der Waals surface area contributed by atoms with E-state index in [4.69, 9.17) is 20.2 Å². The van der Waals surface area contributed by atoms with Crippen LogP contribution < -0.4 is 20.5 Å². The molecular formula is C21H23N3O4. The summed E-state index contributed by atoms with van der Waals surface area (Å²) in [6.07, 6.45) is 0.791. The number of aliphatic imine (C=N–C) groups is 1. The Hall–Kier alpha value is -3.35. The highest BCUT2D eigenvalue weighted by molar-refractivity contribution is 6.19. The molecular weight excluding hydrogens is 358 g/mol. The molecule has 0 saturated heterocycles. The first-order chi connectivity index (χ1) is 13.5. The van der Waals surface area contributed by atoms with Crippen molar-refractivity contribution in [3.8, 4) is 11.5 Å². The van der Waals surface area contributed by atoms with Crippen molar-refractivity contribution >= 4 is 28.9 Å². The maximum atomic E-state index is 12.7. The van der Waals surface area contributed by atoms with Gasteiger partial charge in [0.2, 0.25) is 11.8 Å². The van der Waals surface area contributed by atoms with Crippen LogP contribution in [0.5, 0.6) is 11.5 Å². The van der Waals surface area contributed by atoms with Crippen molar-refractivity contribution in [3.05, 3.63) is 47.5 Å². The normalized spacial score (nSPS) is 15.8. The number of nitrogens with zero attached hydrogens (tertiary/aromatic N) is 1. The number of anilines is 1. The SMILES string of the molecule is CCC(=Nc1ccc(CC(N)=O)cc1)C1C(=O)Nc2cc(OC)c(OC)cc21. The maximum absolute atomic E-state index is 12.7. The third-order valence-corrected chi connectivity index (χ3v) is 4.67. The molecule has 1 atom stereocenters. The smallest absolute Gasteiger partial charge is 0.237 e. The number of hydrogen-bond acceptors (Lipinski definition) is 5. The Labute approximate surface area is 163 Å². The van der Waals surface area contributed by atoms with Gasteiger partial charge in [-0.25, -0.2) is 0 Å². The van der Waals surface area contributed by atoms with Crippen LogP contribution in [0.2, 0.25) is 0 Å². The molecule has 7 nitrogen and oxygen atoms in total. The van der Waals surface area contributed by atoms with Gasteiger partial charge in [-0.15, -0.1) is 0 Å². The van der Waals surface area contributed by atoms with Gasteiger partial charge in [0.05, 0.1) is 26.3 Å². The molecule has 28 heavy (non-hydrogen) atoms. The second kappa shape index (κ2) is 8.12. The third-order valence-electron chi connectivity index (χ3n) is 4.67. The first kappa shape index (κ1) is 19.4. The minimum atomic E-state index is -0.495. The average Bonchev–Trinajstić information content (AvgIpc) is 3.00. The second-order valence-corrected chi connectivity index (χ2v) is 6.48. The predicted octanol–water partition coefficient (Wildman–Crippen LogP) is 2.95. The summed E-state index contributed by atoms with van der Waals surface area (Å²) in [4.78, 5) is 28.4. The molecule has 1 unspecified atom stereocenters. The van der Waals surface area contributed by atoms with Gasteiger partial charge in [-0.3, -0.25) is 14.6 Å². The van der Waals surface area contributed by atoms with Crippen molar-refractivity contribution < 1.29 is 19.1 Å². The topological polar surface area (TPSA) is 103 Å². The second-order valence-electron chi connectivity index (χ2n) is 6.48. The first-order valence-corrected chi connectivity index (χ1v) is 8.98. The van der Waals surface area contributed by atoms with Crippen molar-refractivity contribution in [3.63, 3.8) is 0 Å². The fourth-order valence-electron chi connectivity index (χ4n) is 3.32. The molecule has 0 aromatic heterocycles. The van der Waals surface area contributed by atoms with Crippen LogP contribution in [-0.4, -0.2) is 31.7 Å². The number of fused-ring (bicyclic) bond motifs is 1. The minimum absolute atomic E-state index is 0.128. The Morgan fingerprint density at radius 2 is 1.79 bits per heavy atom. The zero-order valence-corrected chi connectivity index (χ0v) is 16.1. The number of nitrogens with one attached hydrogen (secondary N) is 1. The summed E-state index contributed by atoms with van der Waals surface area (Å²) in [6, 6.07) is 10.8. The zero-order chi connectivity index (χ0) is 20.3. The van der Waals surface area contributed by atoms with Gasteiger partial charge in [0.1, 0.15) is 5.92 Å². The Balaban J connectivity index is 1.96. The molecule has 1 heterocycles. The molecule has 7 heteroatoms. The van der Waals surface area contributed by atoms with Crippen molar-refractivity contribution in [2.45, 2.75) is 25.7 Å². The van der Waals surface area contributed by atoms with Crippen LogP contribution in [0.15, 0.2) is 41.4 Å². The quantitative estimate of drug-likeness (QED) is 0.720. The van der Waals surface area contributed by atoms with E-state index in [0.717, 1.165) is 16.8 Å². The van der Waals surface area contributed by atoms with E-state index in [2.05, 4.69) is 5.32 Å². The highest BCUT2D eigenvalue weighted by Gasteiger charge is 2.35. The monoisotopic (exact) mass is 381 g/mol.